The molecule has 0 aliphatic rings. The van der Waals surface area contributed by atoms with Crippen molar-refractivity contribution in [3.63, 3.8) is 0 Å². The van der Waals surface area contributed by atoms with Gasteiger partial charge in [0.2, 0.25) is 5.78 Å². The van der Waals surface area contributed by atoms with E-state index >= 15 is 0 Å². The predicted molar refractivity (Wildman–Crippen MR) is 51.9 cm³/mol. The van der Waals surface area contributed by atoms with E-state index in [1.807, 2.05) is 0 Å². The molecule has 1 heterocycles. The number of hydrogen-bond acceptors (Lipinski definition) is 5. The zero-order valence-electron chi connectivity index (χ0n) is 7.63. The van der Waals surface area contributed by atoms with Crippen LogP contribution in [0, 0.1) is 0 Å². The molecule has 0 amide bonds. The molecule has 0 unspecified atom stereocenters. The van der Waals surface area contributed by atoms with E-state index in [4.69, 9.17) is 9.84 Å². The summed E-state index contributed by atoms with van der Waals surface area (Å²) < 4.78 is 4.69. The van der Waals surface area contributed by atoms with Crippen molar-refractivity contribution in [1.82, 2.24) is 0 Å². The SMILES string of the molecule is O=C(O)C(=O)CCOC(=O)c1cccs1. The first-order valence-electron chi connectivity index (χ1n) is 4.08. The summed E-state index contributed by atoms with van der Waals surface area (Å²) in [6, 6.07) is 3.29. The number of rotatable bonds is 5. The first-order valence-corrected chi connectivity index (χ1v) is 4.96. The number of Topliss-reactive ketones (excluding diaryl/α,β-unsaturated/α-hetero) is 1. The lowest BCUT2D eigenvalue weighted by molar-refractivity contribution is -0.149. The normalized spacial score (nSPS) is 9.60. The molecule has 0 bridgehead atoms. The summed E-state index contributed by atoms with van der Waals surface area (Å²) in [7, 11) is 0. The number of carbonyl (C=O) groups is 3. The minimum absolute atomic E-state index is 0.206. The molecule has 5 nitrogen and oxygen atoms in total. The van der Waals surface area contributed by atoms with Crippen LogP contribution in [0.4, 0.5) is 0 Å². The molecule has 0 radical (unpaired) electrons. The first kappa shape index (κ1) is 11.4. The number of hydrogen-bond donors (Lipinski definition) is 1. The van der Waals surface area contributed by atoms with Crippen LogP contribution >= 0.6 is 11.3 Å². The summed E-state index contributed by atoms with van der Waals surface area (Å²) >= 11 is 1.22. The molecule has 1 aromatic rings. The van der Waals surface area contributed by atoms with Crippen LogP contribution in [0.5, 0.6) is 0 Å². The Balaban J connectivity index is 2.30. The highest BCUT2D eigenvalue weighted by molar-refractivity contribution is 7.11. The van der Waals surface area contributed by atoms with Gasteiger partial charge in [-0.15, -0.1) is 11.3 Å². The van der Waals surface area contributed by atoms with Crippen LogP contribution < -0.4 is 0 Å². The van der Waals surface area contributed by atoms with Crippen LogP contribution in [0.1, 0.15) is 16.1 Å². The molecule has 0 atom stereocenters. The Hall–Kier alpha value is -1.69. The molecule has 0 fully saturated rings. The number of carboxylic acid groups (broad SMARTS) is 1. The van der Waals surface area contributed by atoms with E-state index in [9.17, 15) is 14.4 Å². The molecule has 0 aliphatic carbocycles. The average Bonchev–Trinajstić information content (AvgIpc) is 2.70. The molecule has 0 aliphatic heterocycles. The number of thiophene rings is 1. The van der Waals surface area contributed by atoms with E-state index in [0.717, 1.165) is 0 Å². The standard InChI is InChI=1S/C9H8O5S/c10-6(8(11)12)3-4-14-9(13)7-2-1-5-15-7/h1-2,5H,3-4H2,(H,11,12). The van der Waals surface area contributed by atoms with Crippen LogP contribution in [0.3, 0.4) is 0 Å². The van der Waals surface area contributed by atoms with E-state index in [0.29, 0.717) is 4.88 Å². The number of ketones is 1. The number of carboxylic acids is 1. The van der Waals surface area contributed by atoms with E-state index in [1.165, 1.54) is 11.3 Å². The lowest BCUT2D eigenvalue weighted by atomic mass is 10.3. The zero-order chi connectivity index (χ0) is 11.3. The Morgan fingerprint density at radius 2 is 2.13 bits per heavy atom. The van der Waals surface area contributed by atoms with E-state index in [2.05, 4.69) is 0 Å². The molecule has 0 aromatic carbocycles. The van der Waals surface area contributed by atoms with Crippen LogP contribution in [0.2, 0.25) is 0 Å². The molecule has 80 valence electrons. The van der Waals surface area contributed by atoms with Gasteiger partial charge in [-0.05, 0) is 11.4 Å². The van der Waals surface area contributed by atoms with Gasteiger partial charge in [0.25, 0.3) is 0 Å². The Morgan fingerprint density at radius 3 is 2.67 bits per heavy atom. The maximum Gasteiger partial charge on any atom is 0.372 e. The van der Waals surface area contributed by atoms with Gasteiger partial charge in [0.1, 0.15) is 4.88 Å². The van der Waals surface area contributed by atoms with Gasteiger partial charge in [-0.3, -0.25) is 4.79 Å². The number of aliphatic carboxylic acids is 1. The van der Waals surface area contributed by atoms with Crippen molar-refractivity contribution in [2.75, 3.05) is 6.61 Å². The van der Waals surface area contributed by atoms with Crippen molar-refractivity contribution in [1.29, 1.82) is 0 Å². The monoisotopic (exact) mass is 228 g/mol. The second-order valence-electron chi connectivity index (χ2n) is 2.59. The van der Waals surface area contributed by atoms with Crippen molar-refractivity contribution < 1.29 is 24.2 Å². The smallest absolute Gasteiger partial charge is 0.372 e. The van der Waals surface area contributed by atoms with E-state index in [1.54, 1.807) is 17.5 Å². The Bertz CT molecular complexity index is 368. The molecule has 1 N–H and O–H groups in total. The summed E-state index contributed by atoms with van der Waals surface area (Å²) in [5.41, 5.74) is 0. The van der Waals surface area contributed by atoms with E-state index in [-0.39, 0.29) is 13.0 Å². The second-order valence-corrected chi connectivity index (χ2v) is 3.54. The molecule has 0 saturated carbocycles. The molecular formula is C9H8O5S. The second kappa shape index (κ2) is 5.26. The largest absolute Gasteiger partial charge is 0.475 e. The molecule has 15 heavy (non-hydrogen) atoms. The van der Waals surface area contributed by atoms with Gasteiger partial charge in [0.15, 0.2) is 0 Å². The van der Waals surface area contributed by atoms with Crippen molar-refractivity contribution in [3.05, 3.63) is 22.4 Å². The topological polar surface area (TPSA) is 80.7 Å². The highest BCUT2D eigenvalue weighted by Crippen LogP contribution is 2.09. The van der Waals surface area contributed by atoms with Crippen molar-refractivity contribution in [2.45, 2.75) is 6.42 Å². The Morgan fingerprint density at radius 1 is 1.40 bits per heavy atom. The van der Waals surface area contributed by atoms with Gasteiger partial charge in [0.05, 0.1) is 13.0 Å². The third-order valence-corrected chi connectivity index (χ3v) is 2.37. The van der Waals surface area contributed by atoms with Crippen LogP contribution in [-0.4, -0.2) is 29.4 Å². The maximum atomic E-state index is 11.2. The zero-order valence-corrected chi connectivity index (χ0v) is 8.45. The van der Waals surface area contributed by atoms with Gasteiger partial charge >= 0.3 is 11.9 Å². The minimum atomic E-state index is -1.51. The highest BCUT2D eigenvalue weighted by Gasteiger charge is 2.13. The van der Waals surface area contributed by atoms with Crippen LogP contribution in [0.15, 0.2) is 17.5 Å². The van der Waals surface area contributed by atoms with Gasteiger partial charge in [-0.2, -0.15) is 0 Å². The first-order chi connectivity index (χ1) is 7.11. The molecule has 0 saturated heterocycles. The quantitative estimate of drug-likeness (QED) is 0.599. The van der Waals surface area contributed by atoms with Gasteiger partial charge in [0, 0.05) is 0 Å². The molecule has 1 aromatic heterocycles. The number of ether oxygens (including phenoxy) is 1. The van der Waals surface area contributed by atoms with Crippen molar-refractivity contribution >= 4 is 29.1 Å². The summed E-state index contributed by atoms with van der Waals surface area (Å²) in [6.45, 7) is -0.206. The van der Waals surface area contributed by atoms with Crippen molar-refractivity contribution in [2.24, 2.45) is 0 Å². The molecule has 1 rings (SSSR count). The van der Waals surface area contributed by atoms with E-state index < -0.39 is 17.7 Å². The molecular weight excluding hydrogens is 220 g/mol. The van der Waals surface area contributed by atoms with Crippen molar-refractivity contribution in [3.8, 4) is 0 Å². The molecule has 6 heteroatoms. The fourth-order valence-corrected chi connectivity index (χ4v) is 1.43. The highest BCUT2D eigenvalue weighted by atomic mass is 32.1. The van der Waals surface area contributed by atoms with Gasteiger partial charge < -0.3 is 9.84 Å². The van der Waals surface area contributed by atoms with Gasteiger partial charge in [-0.25, -0.2) is 9.59 Å². The maximum absolute atomic E-state index is 11.2. The van der Waals surface area contributed by atoms with Gasteiger partial charge in [-0.1, -0.05) is 6.07 Å². The van der Waals surface area contributed by atoms with Crippen LogP contribution in [0.25, 0.3) is 0 Å². The lowest BCUT2D eigenvalue weighted by Gasteiger charge is -2.00. The molecule has 0 spiro atoms. The number of esters is 1. The third-order valence-electron chi connectivity index (χ3n) is 1.52. The predicted octanol–water partition coefficient (Wildman–Crippen LogP) is 0.949. The summed E-state index contributed by atoms with van der Waals surface area (Å²) in [5.74, 6) is -3.01. The third kappa shape index (κ3) is 3.51. The van der Waals surface area contributed by atoms with Crippen LogP contribution in [-0.2, 0) is 14.3 Å². The summed E-state index contributed by atoms with van der Waals surface area (Å²) in [5, 5.41) is 9.96. The fourth-order valence-electron chi connectivity index (χ4n) is 0.809. The summed E-state index contributed by atoms with van der Waals surface area (Å²) in [4.78, 5) is 32.4. The minimum Gasteiger partial charge on any atom is -0.475 e. The Kier molecular flexibility index (Phi) is 3.99. The average molecular weight is 228 g/mol. The number of carbonyl (C=O) groups excluding carboxylic acids is 2. The Labute approximate surface area is 89.3 Å². The lowest BCUT2D eigenvalue weighted by Crippen LogP contribution is -2.16. The summed E-state index contributed by atoms with van der Waals surface area (Å²) in [6.07, 6.45) is -0.299. The fraction of sp³-hybridized carbons (Fsp3) is 0.222.